The predicted octanol–water partition coefficient (Wildman–Crippen LogP) is 5.68. The van der Waals surface area contributed by atoms with E-state index in [4.69, 9.17) is 0 Å². The third-order valence-electron chi connectivity index (χ3n) is 6.21. The van der Waals surface area contributed by atoms with Crippen LogP contribution in [0.4, 0.5) is 10.1 Å². The van der Waals surface area contributed by atoms with E-state index >= 15 is 0 Å². The molecule has 7 heteroatoms. The Kier molecular flexibility index (Phi) is 6.08. The van der Waals surface area contributed by atoms with Gasteiger partial charge in [0.05, 0.1) is 11.0 Å². The number of halogens is 1. The molecule has 0 unspecified atom stereocenters. The largest absolute Gasteiger partial charge is 0.349 e. The Bertz CT molecular complexity index is 1320. The van der Waals surface area contributed by atoms with Gasteiger partial charge in [-0.25, -0.2) is 9.37 Å². The average Bonchev–Trinajstić information content (AvgIpc) is 3.30. The lowest BCUT2D eigenvalue weighted by Crippen LogP contribution is -2.36. The first-order chi connectivity index (χ1) is 16.5. The third kappa shape index (κ3) is 4.83. The molecule has 1 heterocycles. The van der Waals surface area contributed by atoms with Gasteiger partial charge >= 0.3 is 0 Å². The first-order valence-electron chi connectivity index (χ1n) is 11.5. The summed E-state index contributed by atoms with van der Waals surface area (Å²) in [6.45, 7) is 0. The zero-order valence-electron chi connectivity index (χ0n) is 18.6. The highest BCUT2D eigenvalue weighted by molar-refractivity contribution is 6.06. The fraction of sp³-hybridized carbons (Fsp3) is 0.222. The molecule has 5 rings (SSSR count). The van der Waals surface area contributed by atoms with Gasteiger partial charge in [-0.3, -0.25) is 9.59 Å². The molecule has 0 bridgehead atoms. The standard InChI is InChI=1S/C27H25FN4O2/c28-20-11-13-22(14-12-20)30-27(34)19-10-15-23-24(16-19)32-25(31-23)17-6-8-18(9-7-17)26(33)29-21-4-2-1-3-5-21/h6-16,21H,1-5H2,(H,29,33)(H,30,34)(H,31,32). The normalized spacial score (nSPS) is 14.1. The topological polar surface area (TPSA) is 86.9 Å². The summed E-state index contributed by atoms with van der Waals surface area (Å²) in [5, 5.41) is 5.89. The number of rotatable bonds is 5. The van der Waals surface area contributed by atoms with Gasteiger partial charge in [-0.2, -0.15) is 0 Å². The van der Waals surface area contributed by atoms with Crippen LogP contribution in [0.5, 0.6) is 0 Å². The first-order valence-corrected chi connectivity index (χ1v) is 11.5. The van der Waals surface area contributed by atoms with Crippen molar-refractivity contribution in [1.82, 2.24) is 15.3 Å². The van der Waals surface area contributed by atoms with E-state index < -0.39 is 0 Å². The summed E-state index contributed by atoms with van der Waals surface area (Å²) in [7, 11) is 0. The van der Waals surface area contributed by atoms with Crippen LogP contribution in [0, 0.1) is 5.82 Å². The number of carbonyl (C=O) groups is 2. The number of anilines is 1. The highest BCUT2D eigenvalue weighted by Crippen LogP contribution is 2.23. The molecule has 1 aliphatic rings. The van der Waals surface area contributed by atoms with E-state index in [1.807, 2.05) is 24.3 Å². The van der Waals surface area contributed by atoms with Gasteiger partial charge in [-0.05, 0) is 67.4 Å². The van der Waals surface area contributed by atoms with E-state index in [0.717, 1.165) is 29.4 Å². The highest BCUT2D eigenvalue weighted by Gasteiger charge is 2.17. The summed E-state index contributed by atoms with van der Waals surface area (Å²) >= 11 is 0. The molecular weight excluding hydrogens is 431 g/mol. The quantitative estimate of drug-likeness (QED) is 0.361. The van der Waals surface area contributed by atoms with Crippen molar-refractivity contribution in [2.45, 2.75) is 38.1 Å². The Balaban J connectivity index is 1.29. The predicted molar refractivity (Wildman–Crippen MR) is 130 cm³/mol. The molecule has 0 atom stereocenters. The molecule has 0 spiro atoms. The fourth-order valence-electron chi connectivity index (χ4n) is 4.32. The number of hydrogen-bond acceptors (Lipinski definition) is 3. The van der Waals surface area contributed by atoms with Crippen molar-refractivity contribution < 1.29 is 14.0 Å². The summed E-state index contributed by atoms with van der Waals surface area (Å²) in [6.07, 6.45) is 5.69. The Morgan fingerprint density at radius 1 is 0.853 bits per heavy atom. The minimum absolute atomic E-state index is 0.0418. The monoisotopic (exact) mass is 456 g/mol. The zero-order valence-corrected chi connectivity index (χ0v) is 18.6. The second kappa shape index (κ2) is 9.47. The van der Waals surface area contributed by atoms with E-state index in [0.29, 0.717) is 22.6 Å². The van der Waals surface area contributed by atoms with E-state index in [1.165, 1.54) is 43.5 Å². The number of nitrogens with one attached hydrogen (secondary N) is 3. The first kappa shape index (κ1) is 21.8. The Hall–Kier alpha value is -4.00. The number of hydrogen-bond donors (Lipinski definition) is 3. The van der Waals surface area contributed by atoms with Gasteiger partial charge in [0.1, 0.15) is 11.6 Å². The van der Waals surface area contributed by atoms with Crippen LogP contribution in [0.1, 0.15) is 52.8 Å². The Morgan fingerprint density at radius 2 is 1.56 bits per heavy atom. The van der Waals surface area contributed by atoms with Gasteiger partial charge in [-0.15, -0.1) is 0 Å². The number of fused-ring (bicyclic) bond motifs is 1. The van der Waals surface area contributed by atoms with Crippen LogP contribution in [0.2, 0.25) is 0 Å². The SMILES string of the molecule is O=C(Nc1ccc(F)cc1)c1ccc2nc(-c3ccc(C(=O)NC4CCCCC4)cc3)[nH]c2c1. The number of amides is 2. The van der Waals surface area contributed by atoms with Gasteiger partial charge in [0.2, 0.25) is 0 Å². The van der Waals surface area contributed by atoms with Gasteiger partial charge in [0.15, 0.2) is 0 Å². The average molecular weight is 457 g/mol. The third-order valence-corrected chi connectivity index (χ3v) is 6.21. The summed E-state index contributed by atoms with van der Waals surface area (Å²) in [5.41, 5.74) is 3.91. The van der Waals surface area contributed by atoms with Crippen molar-refractivity contribution >= 4 is 28.5 Å². The van der Waals surface area contributed by atoms with Crippen LogP contribution in [-0.2, 0) is 0 Å². The van der Waals surface area contributed by atoms with E-state index in [9.17, 15) is 14.0 Å². The highest BCUT2D eigenvalue weighted by atomic mass is 19.1. The molecule has 1 saturated carbocycles. The molecule has 34 heavy (non-hydrogen) atoms. The Morgan fingerprint density at radius 3 is 2.29 bits per heavy atom. The number of benzene rings is 3. The van der Waals surface area contributed by atoms with Crippen LogP contribution in [0.15, 0.2) is 66.7 Å². The van der Waals surface area contributed by atoms with Gasteiger partial charge in [-0.1, -0.05) is 31.4 Å². The molecule has 3 N–H and O–H groups in total. The molecule has 1 aromatic heterocycles. The van der Waals surface area contributed by atoms with Crippen molar-refractivity contribution in [3.63, 3.8) is 0 Å². The molecule has 172 valence electrons. The number of aromatic amines is 1. The van der Waals surface area contributed by atoms with Gasteiger partial charge < -0.3 is 15.6 Å². The number of nitrogens with zero attached hydrogens (tertiary/aromatic N) is 1. The van der Waals surface area contributed by atoms with Gasteiger partial charge in [0, 0.05) is 28.4 Å². The molecule has 1 fully saturated rings. The lowest BCUT2D eigenvalue weighted by molar-refractivity contribution is 0.0927. The summed E-state index contributed by atoms with van der Waals surface area (Å²) in [6, 6.07) is 18.5. The van der Waals surface area contributed by atoms with Crippen LogP contribution in [0.25, 0.3) is 22.4 Å². The number of carbonyl (C=O) groups excluding carboxylic acids is 2. The molecule has 0 radical (unpaired) electrons. The van der Waals surface area contributed by atoms with Crippen molar-refractivity contribution in [3.05, 3.63) is 83.7 Å². The maximum absolute atomic E-state index is 13.1. The van der Waals surface area contributed by atoms with Crippen molar-refractivity contribution in [3.8, 4) is 11.4 Å². The maximum atomic E-state index is 13.1. The number of aromatic nitrogens is 2. The number of imidazole rings is 1. The lowest BCUT2D eigenvalue weighted by atomic mass is 9.95. The molecule has 1 aliphatic carbocycles. The van der Waals surface area contributed by atoms with Crippen molar-refractivity contribution in [2.24, 2.45) is 0 Å². The van der Waals surface area contributed by atoms with Crippen LogP contribution < -0.4 is 10.6 Å². The molecule has 2 amide bonds. The van der Waals surface area contributed by atoms with Crippen LogP contribution >= 0.6 is 0 Å². The molecule has 6 nitrogen and oxygen atoms in total. The van der Waals surface area contributed by atoms with E-state index in [-0.39, 0.29) is 23.7 Å². The summed E-state index contributed by atoms with van der Waals surface area (Å²) in [5.74, 6) is -0.0366. The fourth-order valence-corrected chi connectivity index (χ4v) is 4.32. The smallest absolute Gasteiger partial charge is 0.255 e. The lowest BCUT2D eigenvalue weighted by Gasteiger charge is -2.22. The molecule has 0 saturated heterocycles. The zero-order chi connectivity index (χ0) is 23.5. The molecule has 0 aliphatic heterocycles. The van der Waals surface area contributed by atoms with E-state index in [1.54, 1.807) is 18.2 Å². The van der Waals surface area contributed by atoms with Crippen LogP contribution in [-0.4, -0.2) is 27.8 Å². The van der Waals surface area contributed by atoms with Gasteiger partial charge in [0.25, 0.3) is 11.8 Å². The molecule has 4 aromatic rings. The minimum atomic E-state index is -0.359. The Labute approximate surface area is 196 Å². The van der Waals surface area contributed by atoms with Crippen molar-refractivity contribution in [2.75, 3.05) is 5.32 Å². The maximum Gasteiger partial charge on any atom is 0.255 e. The number of H-pyrrole nitrogens is 1. The van der Waals surface area contributed by atoms with Crippen molar-refractivity contribution in [1.29, 1.82) is 0 Å². The minimum Gasteiger partial charge on any atom is -0.349 e. The molecular formula is C27H25FN4O2. The second-order valence-electron chi connectivity index (χ2n) is 8.66. The summed E-state index contributed by atoms with van der Waals surface area (Å²) < 4.78 is 13.1. The summed E-state index contributed by atoms with van der Waals surface area (Å²) in [4.78, 5) is 33.0. The molecule has 3 aromatic carbocycles. The van der Waals surface area contributed by atoms with Crippen LogP contribution in [0.3, 0.4) is 0 Å². The van der Waals surface area contributed by atoms with E-state index in [2.05, 4.69) is 20.6 Å². The second-order valence-corrected chi connectivity index (χ2v) is 8.66.